The van der Waals surface area contributed by atoms with Crippen molar-refractivity contribution in [2.45, 2.75) is 25.9 Å². The maximum Gasteiger partial charge on any atom is 0.335 e. The van der Waals surface area contributed by atoms with E-state index in [-0.39, 0.29) is 17.8 Å². The fourth-order valence-electron chi connectivity index (χ4n) is 2.82. The van der Waals surface area contributed by atoms with Crippen molar-refractivity contribution in [3.8, 4) is 5.75 Å². The van der Waals surface area contributed by atoms with Crippen LogP contribution in [0.5, 0.6) is 5.75 Å². The summed E-state index contributed by atoms with van der Waals surface area (Å²) in [7, 11) is 0. The van der Waals surface area contributed by atoms with Crippen LogP contribution < -0.4 is 0 Å². The van der Waals surface area contributed by atoms with Gasteiger partial charge in [0.15, 0.2) is 6.10 Å². The molecular formula is C19H18O3. The summed E-state index contributed by atoms with van der Waals surface area (Å²) in [5, 5.41) is 9.49. The zero-order valence-electron chi connectivity index (χ0n) is 12.5. The van der Waals surface area contributed by atoms with E-state index in [1.807, 2.05) is 49.4 Å². The van der Waals surface area contributed by atoms with Gasteiger partial charge in [0.2, 0.25) is 0 Å². The third-order valence-electron chi connectivity index (χ3n) is 3.84. The molecule has 22 heavy (non-hydrogen) atoms. The van der Waals surface area contributed by atoms with Crippen molar-refractivity contribution in [3.05, 3.63) is 71.3 Å². The molecule has 2 aromatic rings. The standard InChI is InChI=1S/C19H18O3/c1-2-6-16-17(13-9-11-15(20)12-10-13)18(22-19(16)21)14-7-4-3-5-8-14/h3-5,7-12,18,20H,2,6H2,1H3. The average Bonchev–Trinajstić information content (AvgIpc) is 2.87. The predicted molar refractivity (Wildman–Crippen MR) is 85.2 cm³/mol. The first-order chi connectivity index (χ1) is 10.7. The zero-order chi connectivity index (χ0) is 15.5. The van der Waals surface area contributed by atoms with Gasteiger partial charge < -0.3 is 9.84 Å². The van der Waals surface area contributed by atoms with Gasteiger partial charge >= 0.3 is 5.97 Å². The van der Waals surface area contributed by atoms with Gasteiger partial charge in [-0.15, -0.1) is 0 Å². The Labute approximate surface area is 129 Å². The van der Waals surface area contributed by atoms with E-state index in [4.69, 9.17) is 4.74 Å². The lowest BCUT2D eigenvalue weighted by Crippen LogP contribution is -2.03. The smallest absolute Gasteiger partial charge is 0.335 e. The van der Waals surface area contributed by atoms with Crippen molar-refractivity contribution < 1.29 is 14.6 Å². The highest BCUT2D eigenvalue weighted by atomic mass is 16.5. The summed E-state index contributed by atoms with van der Waals surface area (Å²) in [5.74, 6) is -0.0262. The first-order valence-electron chi connectivity index (χ1n) is 7.49. The van der Waals surface area contributed by atoms with Crippen LogP contribution in [0.25, 0.3) is 5.57 Å². The minimum Gasteiger partial charge on any atom is -0.508 e. The first-order valence-corrected chi connectivity index (χ1v) is 7.49. The van der Waals surface area contributed by atoms with Crippen LogP contribution in [0.4, 0.5) is 0 Å². The van der Waals surface area contributed by atoms with Crippen molar-refractivity contribution >= 4 is 11.5 Å². The number of hydrogen-bond acceptors (Lipinski definition) is 3. The number of phenols is 1. The van der Waals surface area contributed by atoms with Crippen molar-refractivity contribution in [1.29, 1.82) is 0 Å². The summed E-state index contributed by atoms with van der Waals surface area (Å²) >= 11 is 0. The molecule has 1 atom stereocenters. The summed E-state index contributed by atoms with van der Waals surface area (Å²) in [6, 6.07) is 16.7. The summed E-state index contributed by atoms with van der Waals surface area (Å²) < 4.78 is 5.63. The lowest BCUT2D eigenvalue weighted by atomic mass is 9.91. The molecule has 1 N–H and O–H groups in total. The average molecular weight is 294 g/mol. The van der Waals surface area contributed by atoms with Crippen molar-refractivity contribution in [2.75, 3.05) is 0 Å². The summed E-state index contributed by atoms with van der Waals surface area (Å²) in [4.78, 5) is 12.3. The molecule has 1 aliphatic heterocycles. The van der Waals surface area contributed by atoms with Crippen molar-refractivity contribution in [1.82, 2.24) is 0 Å². The van der Waals surface area contributed by atoms with Gasteiger partial charge in [-0.3, -0.25) is 0 Å². The van der Waals surface area contributed by atoms with Gasteiger partial charge in [-0.05, 0) is 29.7 Å². The Morgan fingerprint density at radius 3 is 2.36 bits per heavy atom. The highest BCUT2D eigenvalue weighted by Crippen LogP contribution is 2.43. The lowest BCUT2D eigenvalue weighted by Gasteiger charge is -2.15. The molecule has 3 nitrogen and oxygen atoms in total. The van der Waals surface area contributed by atoms with Crippen LogP contribution in [0.2, 0.25) is 0 Å². The van der Waals surface area contributed by atoms with E-state index in [0.29, 0.717) is 6.42 Å². The van der Waals surface area contributed by atoms with E-state index >= 15 is 0 Å². The minimum absolute atomic E-state index is 0.211. The Kier molecular flexibility index (Phi) is 3.96. The van der Waals surface area contributed by atoms with E-state index in [1.54, 1.807) is 12.1 Å². The van der Waals surface area contributed by atoms with Crippen LogP contribution in [-0.4, -0.2) is 11.1 Å². The zero-order valence-corrected chi connectivity index (χ0v) is 12.5. The second-order valence-electron chi connectivity index (χ2n) is 5.39. The fraction of sp³-hybridized carbons (Fsp3) is 0.211. The third kappa shape index (κ3) is 2.62. The van der Waals surface area contributed by atoms with Gasteiger partial charge in [-0.2, -0.15) is 0 Å². The quantitative estimate of drug-likeness (QED) is 0.858. The van der Waals surface area contributed by atoms with Crippen LogP contribution in [0.3, 0.4) is 0 Å². The first kappa shape index (κ1) is 14.4. The molecule has 0 radical (unpaired) electrons. The van der Waals surface area contributed by atoms with E-state index in [0.717, 1.165) is 28.7 Å². The highest BCUT2D eigenvalue weighted by molar-refractivity contribution is 6.03. The lowest BCUT2D eigenvalue weighted by molar-refractivity contribution is -0.139. The number of benzene rings is 2. The normalized spacial score (nSPS) is 17.7. The second kappa shape index (κ2) is 6.06. The SMILES string of the molecule is CCCC1=C(c2ccc(O)cc2)C(c2ccccc2)OC1=O. The number of carbonyl (C=O) groups is 1. The number of phenolic OH excluding ortho intramolecular Hbond substituents is 1. The van der Waals surface area contributed by atoms with Crippen LogP contribution in [0.15, 0.2) is 60.2 Å². The fourth-order valence-corrected chi connectivity index (χ4v) is 2.82. The maximum atomic E-state index is 12.3. The topological polar surface area (TPSA) is 46.5 Å². The molecule has 3 heteroatoms. The third-order valence-corrected chi connectivity index (χ3v) is 3.84. The Hall–Kier alpha value is -2.55. The molecule has 2 aromatic carbocycles. The van der Waals surface area contributed by atoms with Gasteiger partial charge in [0, 0.05) is 11.1 Å². The Morgan fingerprint density at radius 2 is 1.73 bits per heavy atom. The molecular weight excluding hydrogens is 276 g/mol. The van der Waals surface area contributed by atoms with Crippen LogP contribution in [0.1, 0.15) is 37.0 Å². The molecule has 3 rings (SSSR count). The molecule has 0 fully saturated rings. The Bertz CT molecular complexity index is 699. The number of cyclic esters (lactones) is 1. The molecule has 0 bridgehead atoms. The van der Waals surface area contributed by atoms with Crippen molar-refractivity contribution in [3.63, 3.8) is 0 Å². The van der Waals surface area contributed by atoms with Crippen LogP contribution >= 0.6 is 0 Å². The van der Waals surface area contributed by atoms with Gasteiger partial charge in [0.25, 0.3) is 0 Å². The van der Waals surface area contributed by atoms with E-state index in [2.05, 4.69) is 0 Å². The van der Waals surface area contributed by atoms with E-state index in [9.17, 15) is 9.90 Å². The molecule has 1 heterocycles. The van der Waals surface area contributed by atoms with Crippen LogP contribution in [-0.2, 0) is 9.53 Å². The van der Waals surface area contributed by atoms with E-state index in [1.165, 1.54) is 0 Å². The van der Waals surface area contributed by atoms with Gasteiger partial charge in [0.05, 0.1) is 0 Å². The number of carbonyl (C=O) groups excluding carboxylic acids is 1. The van der Waals surface area contributed by atoms with Crippen LogP contribution in [0, 0.1) is 0 Å². The number of aromatic hydroxyl groups is 1. The number of esters is 1. The van der Waals surface area contributed by atoms with E-state index < -0.39 is 0 Å². The maximum absolute atomic E-state index is 12.3. The molecule has 112 valence electrons. The summed E-state index contributed by atoms with van der Waals surface area (Å²) in [6.45, 7) is 2.05. The van der Waals surface area contributed by atoms with Gasteiger partial charge in [-0.25, -0.2) is 4.79 Å². The molecule has 0 spiro atoms. The monoisotopic (exact) mass is 294 g/mol. The Balaban J connectivity index is 2.11. The molecule has 0 aliphatic carbocycles. The molecule has 1 unspecified atom stereocenters. The number of ether oxygens (including phenoxy) is 1. The summed E-state index contributed by atoms with van der Waals surface area (Å²) in [6.07, 6.45) is 1.20. The predicted octanol–water partition coefficient (Wildman–Crippen LogP) is 4.24. The molecule has 1 aliphatic rings. The highest BCUT2D eigenvalue weighted by Gasteiger charge is 2.35. The minimum atomic E-state index is -0.375. The van der Waals surface area contributed by atoms with Gasteiger partial charge in [0.1, 0.15) is 5.75 Å². The Morgan fingerprint density at radius 1 is 1.05 bits per heavy atom. The van der Waals surface area contributed by atoms with Crippen molar-refractivity contribution in [2.24, 2.45) is 0 Å². The molecule has 0 aromatic heterocycles. The largest absolute Gasteiger partial charge is 0.508 e. The number of rotatable bonds is 4. The second-order valence-corrected chi connectivity index (χ2v) is 5.39. The van der Waals surface area contributed by atoms with Gasteiger partial charge in [-0.1, -0.05) is 55.8 Å². The summed E-state index contributed by atoms with van der Waals surface area (Å²) in [5.41, 5.74) is 3.53. The molecule has 0 amide bonds. The number of hydrogen-bond donors (Lipinski definition) is 1. The molecule has 0 saturated carbocycles. The molecule has 0 saturated heterocycles.